The van der Waals surface area contributed by atoms with E-state index in [1.807, 2.05) is 19.3 Å². The second kappa shape index (κ2) is 7.31. The maximum absolute atomic E-state index is 12.7. The number of nitrogens with one attached hydrogen (secondary N) is 1. The molecule has 0 spiro atoms. The fourth-order valence-corrected chi connectivity index (χ4v) is 4.19. The van der Waals surface area contributed by atoms with E-state index in [-0.39, 0.29) is 5.56 Å². The molecular formula is C22H19ClN8O2. The van der Waals surface area contributed by atoms with Crippen LogP contribution in [0.25, 0.3) is 16.7 Å². The lowest BCUT2D eigenvalue weighted by Crippen LogP contribution is -2.20. The Balaban J connectivity index is 1.38. The molecule has 1 aliphatic rings. The molecule has 1 aliphatic carbocycles. The van der Waals surface area contributed by atoms with Crippen LogP contribution in [0.15, 0.2) is 48.0 Å². The van der Waals surface area contributed by atoms with Crippen LogP contribution in [-0.2, 0) is 14.1 Å². The van der Waals surface area contributed by atoms with Gasteiger partial charge in [-0.25, -0.2) is 9.50 Å². The number of ether oxygens (including phenoxy) is 1. The summed E-state index contributed by atoms with van der Waals surface area (Å²) in [6.07, 6.45) is 12.3. The molecule has 5 aromatic rings. The smallest absolute Gasteiger partial charge is 0.274 e. The number of aryl methyl sites for hydroxylation is 2. The van der Waals surface area contributed by atoms with Crippen LogP contribution >= 0.6 is 11.6 Å². The molecule has 10 nitrogen and oxygen atoms in total. The highest BCUT2D eigenvalue weighted by atomic mass is 35.5. The average Bonchev–Trinajstić information content (AvgIpc) is 3.51. The van der Waals surface area contributed by atoms with Crippen LogP contribution in [-0.4, -0.2) is 33.7 Å². The molecule has 0 bridgehead atoms. The van der Waals surface area contributed by atoms with Crippen molar-refractivity contribution in [2.24, 2.45) is 14.1 Å². The molecule has 1 saturated carbocycles. The maximum atomic E-state index is 12.7. The van der Waals surface area contributed by atoms with Crippen molar-refractivity contribution in [2.75, 3.05) is 5.32 Å². The lowest BCUT2D eigenvalue weighted by molar-refractivity contribution is 0.486. The second-order valence-electron chi connectivity index (χ2n) is 8.12. The summed E-state index contributed by atoms with van der Waals surface area (Å²) in [5.74, 6) is 1.85. The third-order valence-corrected chi connectivity index (χ3v) is 6.18. The van der Waals surface area contributed by atoms with Crippen LogP contribution in [0, 0.1) is 0 Å². The molecule has 0 aliphatic heterocycles. The highest BCUT2D eigenvalue weighted by molar-refractivity contribution is 6.36. The molecule has 0 aromatic carbocycles. The number of fused-ring (bicyclic) bond motifs is 2. The summed E-state index contributed by atoms with van der Waals surface area (Å²) in [7, 11) is 3.57. The SMILES string of the molecule is Cn1cc(C2CC2)cc(Nc2nc3ncc(Oc4cnn5ccncc45)c(Cl)c3n2C)c1=O. The van der Waals surface area contributed by atoms with E-state index >= 15 is 0 Å². The summed E-state index contributed by atoms with van der Waals surface area (Å²) in [4.78, 5) is 25.8. The van der Waals surface area contributed by atoms with Gasteiger partial charge in [-0.2, -0.15) is 10.1 Å². The maximum Gasteiger partial charge on any atom is 0.274 e. The number of hydrogen-bond acceptors (Lipinski definition) is 7. The number of halogens is 1. The molecule has 5 aromatic heterocycles. The van der Waals surface area contributed by atoms with Crippen LogP contribution in [0.3, 0.4) is 0 Å². The first-order valence-electron chi connectivity index (χ1n) is 10.4. The minimum atomic E-state index is -0.128. The summed E-state index contributed by atoms with van der Waals surface area (Å²) in [5, 5.41) is 7.76. The quantitative estimate of drug-likeness (QED) is 0.424. The van der Waals surface area contributed by atoms with Crippen molar-refractivity contribution in [3.8, 4) is 11.5 Å². The molecule has 0 radical (unpaired) electrons. The number of pyridine rings is 2. The van der Waals surface area contributed by atoms with E-state index in [0.717, 1.165) is 18.4 Å². The van der Waals surface area contributed by atoms with Crippen molar-refractivity contribution >= 4 is 39.9 Å². The zero-order valence-corrected chi connectivity index (χ0v) is 18.6. The highest BCUT2D eigenvalue weighted by Crippen LogP contribution is 2.40. The van der Waals surface area contributed by atoms with Gasteiger partial charge in [-0.05, 0) is 30.4 Å². The molecule has 0 amide bonds. The van der Waals surface area contributed by atoms with Crippen LogP contribution in [0.2, 0.25) is 5.02 Å². The van der Waals surface area contributed by atoms with Crippen molar-refractivity contribution in [2.45, 2.75) is 18.8 Å². The molecule has 0 saturated heterocycles. The molecule has 1 N–H and O–H groups in total. The van der Waals surface area contributed by atoms with Crippen molar-refractivity contribution in [3.05, 3.63) is 64.2 Å². The summed E-state index contributed by atoms with van der Waals surface area (Å²) in [5.41, 5.74) is 3.21. The van der Waals surface area contributed by atoms with E-state index < -0.39 is 0 Å². The van der Waals surface area contributed by atoms with Crippen LogP contribution in [0.4, 0.5) is 11.6 Å². The lowest BCUT2D eigenvalue weighted by Gasteiger charge is -2.10. The Morgan fingerprint density at radius 3 is 2.85 bits per heavy atom. The van der Waals surface area contributed by atoms with E-state index in [0.29, 0.717) is 50.8 Å². The third-order valence-electron chi connectivity index (χ3n) is 5.81. The van der Waals surface area contributed by atoms with Crippen molar-refractivity contribution in [3.63, 3.8) is 0 Å². The van der Waals surface area contributed by atoms with E-state index in [9.17, 15) is 4.79 Å². The van der Waals surface area contributed by atoms with Crippen molar-refractivity contribution in [1.29, 1.82) is 0 Å². The van der Waals surface area contributed by atoms with Gasteiger partial charge in [0.15, 0.2) is 17.1 Å². The van der Waals surface area contributed by atoms with Crippen LogP contribution in [0.1, 0.15) is 24.3 Å². The van der Waals surface area contributed by atoms with Gasteiger partial charge in [0, 0.05) is 32.7 Å². The number of hydrogen-bond donors (Lipinski definition) is 1. The Kier molecular flexibility index (Phi) is 4.37. The number of nitrogens with zero attached hydrogens (tertiary/aromatic N) is 7. The van der Waals surface area contributed by atoms with Gasteiger partial charge in [-0.3, -0.25) is 9.78 Å². The van der Waals surface area contributed by atoms with E-state index in [1.165, 1.54) is 6.20 Å². The van der Waals surface area contributed by atoms with Gasteiger partial charge < -0.3 is 19.2 Å². The van der Waals surface area contributed by atoms with Gasteiger partial charge in [-0.1, -0.05) is 11.6 Å². The van der Waals surface area contributed by atoms with Crippen LogP contribution < -0.4 is 15.6 Å². The molecule has 0 unspecified atom stereocenters. The summed E-state index contributed by atoms with van der Waals surface area (Å²) in [6, 6.07) is 1.90. The molecule has 0 atom stereocenters. The predicted octanol–water partition coefficient (Wildman–Crippen LogP) is 3.78. The predicted molar refractivity (Wildman–Crippen MR) is 124 cm³/mol. The second-order valence-corrected chi connectivity index (χ2v) is 8.50. The van der Waals surface area contributed by atoms with Crippen LogP contribution in [0.5, 0.6) is 11.5 Å². The Morgan fingerprint density at radius 2 is 2.03 bits per heavy atom. The van der Waals surface area contributed by atoms with Gasteiger partial charge in [0.25, 0.3) is 5.56 Å². The minimum Gasteiger partial charge on any atom is -0.450 e. The fraction of sp³-hybridized carbons (Fsp3) is 0.227. The monoisotopic (exact) mass is 462 g/mol. The van der Waals surface area contributed by atoms with Gasteiger partial charge in [0.1, 0.15) is 21.7 Å². The zero-order chi connectivity index (χ0) is 22.7. The summed E-state index contributed by atoms with van der Waals surface area (Å²) >= 11 is 6.70. The molecule has 5 heterocycles. The topological polar surface area (TPSA) is 104 Å². The molecule has 6 rings (SSSR count). The first kappa shape index (κ1) is 19.7. The largest absolute Gasteiger partial charge is 0.450 e. The van der Waals surface area contributed by atoms with Crippen molar-refractivity contribution < 1.29 is 4.74 Å². The van der Waals surface area contributed by atoms with Gasteiger partial charge in [0.05, 0.1) is 18.6 Å². The Bertz CT molecular complexity index is 1600. The van der Waals surface area contributed by atoms with Crippen molar-refractivity contribution in [1.82, 2.24) is 33.7 Å². The zero-order valence-electron chi connectivity index (χ0n) is 17.9. The molecule has 1 fully saturated rings. The molecular weight excluding hydrogens is 444 g/mol. The van der Waals surface area contributed by atoms with E-state index in [2.05, 4.69) is 25.4 Å². The number of aromatic nitrogens is 7. The molecule has 33 heavy (non-hydrogen) atoms. The van der Waals surface area contributed by atoms with E-state index in [4.69, 9.17) is 16.3 Å². The third kappa shape index (κ3) is 3.30. The Hall–Kier alpha value is -3.92. The fourth-order valence-electron chi connectivity index (χ4n) is 3.89. The average molecular weight is 463 g/mol. The first-order valence-corrected chi connectivity index (χ1v) is 10.8. The van der Waals surface area contributed by atoms with Gasteiger partial charge in [0.2, 0.25) is 5.95 Å². The highest BCUT2D eigenvalue weighted by Gasteiger charge is 2.25. The molecule has 11 heteroatoms. The summed E-state index contributed by atoms with van der Waals surface area (Å²) < 4.78 is 11.0. The normalized spacial score (nSPS) is 13.7. The van der Waals surface area contributed by atoms with Gasteiger partial charge in [-0.15, -0.1) is 0 Å². The minimum absolute atomic E-state index is 0.128. The lowest BCUT2D eigenvalue weighted by atomic mass is 10.2. The van der Waals surface area contributed by atoms with Gasteiger partial charge >= 0.3 is 0 Å². The number of anilines is 2. The summed E-state index contributed by atoms with van der Waals surface area (Å²) in [6.45, 7) is 0. The standard InChI is InChI=1S/C22H19ClN8O2/c1-29-11-13(12-3-4-12)7-14(21(29)32)27-22-28-20-19(30(22)2)18(23)17(9-25-20)33-16-10-26-31-6-5-24-8-15(16)31/h5-12H,3-4H2,1-2H3,(H,25,27,28). The Morgan fingerprint density at radius 1 is 1.18 bits per heavy atom. The first-order chi connectivity index (χ1) is 16.0. The number of rotatable bonds is 5. The number of imidazole rings is 1. The van der Waals surface area contributed by atoms with E-state index in [1.54, 1.807) is 45.5 Å². The molecule has 166 valence electrons. The Labute approximate surface area is 192 Å².